The van der Waals surface area contributed by atoms with E-state index in [-0.39, 0.29) is 18.1 Å². The molecule has 1 aromatic rings. The van der Waals surface area contributed by atoms with Crippen LogP contribution < -0.4 is 10.1 Å². The van der Waals surface area contributed by atoms with E-state index in [2.05, 4.69) is 5.32 Å². The maximum atomic E-state index is 11.6. The smallest absolute Gasteiger partial charge is 0.224 e. The molecule has 0 aliphatic heterocycles. The Kier molecular flexibility index (Phi) is 5.15. The number of amides is 1. The number of benzene rings is 1. The second-order valence-electron chi connectivity index (χ2n) is 3.98. The third kappa shape index (κ3) is 5.18. The molecule has 0 saturated heterocycles. The number of sulfone groups is 1. The number of hydrogen-bond acceptors (Lipinski definition) is 4. The number of carbonyl (C=O) groups is 1. The highest BCUT2D eigenvalue weighted by Gasteiger charge is 2.08. The average molecular weight is 271 g/mol. The molecule has 18 heavy (non-hydrogen) atoms. The van der Waals surface area contributed by atoms with Gasteiger partial charge in [0, 0.05) is 12.7 Å². The molecular weight excluding hydrogens is 254 g/mol. The molecule has 0 radical (unpaired) electrons. The van der Waals surface area contributed by atoms with Gasteiger partial charge in [-0.2, -0.15) is 0 Å². The Hall–Kier alpha value is -1.56. The second-order valence-corrected chi connectivity index (χ2v) is 6.24. The van der Waals surface area contributed by atoms with Crippen molar-refractivity contribution in [2.45, 2.75) is 12.8 Å². The largest absolute Gasteiger partial charge is 0.495 e. The van der Waals surface area contributed by atoms with Gasteiger partial charge in [-0.05, 0) is 18.6 Å². The van der Waals surface area contributed by atoms with Crippen molar-refractivity contribution < 1.29 is 17.9 Å². The zero-order chi connectivity index (χ0) is 13.6. The number of methoxy groups -OCH3 is 1. The molecule has 0 atom stereocenters. The molecule has 0 aromatic heterocycles. The highest BCUT2D eigenvalue weighted by molar-refractivity contribution is 7.90. The van der Waals surface area contributed by atoms with E-state index in [9.17, 15) is 13.2 Å². The number of ether oxygens (including phenoxy) is 1. The lowest BCUT2D eigenvalue weighted by molar-refractivity contribution is -0.116. The summed E-state index contributed by atoms with van der Waals surface area (Å²) in [5.74, 6) is 0.379. The first kappa shape index (κ1) is 14.5. The summed E-state index contributed by atoms with van der Waals surface area (Å²) in [4.78, 5) is 11.6. The molecule has 1 N–H and O–H groups in total. The van der Waals surface area contributed by atoms with Crippen molar-refractivity contribution in [1.82, 2.24) is 0 Å². The van der Waals surface area contributed by atoms with E-state index in [1.165, 1.54) is 7.11 Å². The van der Waals surface area contributed by atoms with Gasteiger partial charge in [-0.25, -0.2) is 8.42 Å². The van der Waals surface area contributed by atoms with Crippen LogP contribution in [0.5, 0.6) is 5.75 Å². The minimum atomic E-state index is -3.01. The number of nitrogens with one attached hydrogen (secondary N) is 1. The van der Waals surface area contributed by atoms with E-state index >= 15 is 0 Å². The number of anilines is 1. The van der Waals surface area contributed by atoms with E-state index in [1.807, 2.05) is 0 Å². The van der Waals surface area contributed by atoms with Crippen LogP contribution in [-0.4, -0.2) is 33.4 Å². The Morgan fingerprint density at radius 3 is 2.61 bits per heavy atom. The van der Waals surface area contributed by atoms with Gasteiger partial charge in [0.2, 0.25) is 5.91 Å². The lowest BCUT2D eigenvalue weighted by Crippen LogP contribution is -2.14. The quantitative estimate of drug-likeness (QED) is 0.850. The molecule has 0 spiro atoms. The Balaban J connectivity index is 2.50. The van der Waals surface area contributed by atoms with Gasteiger partial charge in [-0.15, -0.1) is 0 Å². The number of rotatable bonds is 6. The third-order valence-corrected chi connectivity index (χ3v) is 3.33. The van der Waals surface area contributed by atoms with Crippen LogP contribution in [0.1, 0.15) is 12.8 Å². The topological polar surface area (TPSA) is 72.5 Å². The van der Waals surface area contributed by atoms with Crippen molar-refractivity contribution in [1.29, 1.82) is 0 Å². The van der Waals surface area contributed by atoms with Gasteiger partial charge < -0.3 is 10.1 Å². The van der Waals surface area contributed by atoms with Crippen molar-refractivity contribution in [3.05, 3.63) is 24.3 Å². The van der Waals surface area contributed by atoms with Crippen LogP contribution in [0.2, 0.25) is 0 Å². The molecule has 100 valence electrons. The number of hydrogen-bond donors (Lipinski definition) is 1. The van der Waals surface area contributed by atoms with Crippen LogP contribution in [0.25, 0.3) is 0 Å². The average Bonchev–Trinajstić information content (AvgIpc) is 2.28. The maximum Gasteiger partial charge on any atom is 0.224 e. The molecule has 6 heteroatoms. The maximum absolute atomic E-state index is 11.6. The van der Waals surface area contributed by atoms with Crippen LogP contribution >= 0.6 is 0 Å². The molecule has 0 bridgehead atoms. The van der Waals surface area contributed by atoms with Crippen LogP contribution in [0.15, 0.2) is 24.3 Å². The van der Waals surface area contributed by atoms with Crippen LogP contribution in [-0.2, 0) is 14.6 Å². The normalized spacial score (nSPS) is 11.0. The molecular formula is C12H17NO4S. The Morgan fingerprint density at radius 2 is 2.00 bits per heavy atom. The Labute approximate surface area is 107 Å². The molecule has 0 unspecified atom stereocenters. The Morgan fingerprint density at radius 1 is 1.33 bits per heavy atom. The predicted octanol–water partition coefficient (Wildman–Crippen LogP) is 1.46. The fourth-order valence-corrected chi connectivity index (χ4v) is 2.12. The molecule has 1 rings (SSSR count). The van der Waals surface area contributed by atoms with E-state index in [0.717, 1.165) is 6.26 Å². The van der Waals surface area contributed by atoms with E-state index in [0.29, 0.717) is 17.9 Å². The summed E-state index contributed by atoms with van der Waals surface area (Å²) in [5.41, 5.74) is 0.587. The third-order valence-electron chi connectivity index (χ3n) is 2.30. The molecule has 5 nitrogen and oxygen atoms in total. The number of carbonyl (C=O) groups excluding carboxylic acids is 1. The monoisotopic (exact) mass is 271 g/mol. The van der Waals surface area contributed by atoms with Gasteiger partial charge in [-0.3, -0.25) is 4.79 Å². The fourth-order valence-electron chi connectivity index (χ4n) is 1.46. The molecule has 1 aromatic carbocycles. The van der Waals surface area contributed by atoms with Gasteiger partial charge in [0.1, 0.15) is 15.6 Å². The van der Waals surface area contributed by atoms with E-state index in [4.69, 9.17) is 4.74 Å². The molecule has 0 aliphatic rings. The minimum absolute atomic E-state index is 0.0202. The van der Waals surface area contributed by atoms with E-state index < -0.39 is 9.84 Å². The molecule has 0 saturated carbocycles. The molecule has 0 aliphatic carbocycles. The van der Waals surface area contributed by atoms with Crippen LogP contribution in [0, 0.1) is 0 Å². The van der Waals surface area contributed by atoms with Crippen molar-refractivity contribution in [2.75, 3.05) is 24.4 Å². The lowest BCUT2D eigenvalue weighted by atomic mass is 10.2. The van der Waals surface area contributed by atoms with Crippen molar-refractivity contribution in [2.24, 2.45) is 0 Å². The van der Waals surface area contributed by atoms with Crippen molar-refractivity contribution >= 4 is 21.4 Å². The SMILES string of the molecule is COc1ccccc1NC(=O)CCCS(C)(=O)=O. The Bertz CT molecular complexity index is 511. The summed E-state index contributed by atoms with van der Waals surface area (Å²) in [5, 5.41) is 2.69. The summed E-state index contributed by atoms with van der Waals surface area (Å²) in [6.45, 7) is 0. The first-order valence-electron chi connectivity index (χ1n) is 5.53. The van der Waals surface area contributed by atoms with Crippen molar-refractivity contribution in [3.8, 4) is 5.75 Å². The van der Waals surface area contributed by atoms with Gasteiger partial charge in [0.25, 0.3) is 0 Å². The minimum Gasteiger partial charge on any atom is -0.495 e. The van der Waals surface area contributed by atoms with Crippen molar-refractivity contribution in [3.63, 3.8) is 0 Å². The summed E-state index contributed by atoms with van der Waals surface area (Å²) in [6.07, 6.45) is 1.65. The van der Waals surface area contributed by atoms with Gasteiger partial charge in [0.15, 0.2) is 0 Å². The predicted molar refractivity (Wildman–Crippen MR) is 70.6 cm³/mol. The summed E-state index contributed by atoms with van der Waals surface area (Å²) >= 11 is 0. The first-order valence-corrected chi connectivity index (χ1v) is 7.59. The first-order chi connectivity index (χ1) is 8.42. The fraction of sp³-hybridized carbons (Fsp3) is 0.417. The van der Waals surface area contributed by atoms with Gasteiger partial charge >= 0.3 is 0 Å². The highest BCUT2D eigenvalue weighted by atomic mass is 32.2. The lowest BCUT2D eigenvalue weighted by Gasteiger charge is -2.09. The molecule has 0 heterocycles. The van der Waals surface area contributed by atoms with Crippen LogP contribution in [0.3, 0.4) is 0 Å². The zero-order valence-corrected chi connectivity index (χ0v) is 11.3. The molecule has 1 amide bonds. The highest BCUT2D eigenvalue weighted by Crippen LogP contribution is 2.23. The standard InChI is InChI=1S/C12H17NO4S/c1-17-11-7-4-3-6-10(11)13-12(14)8-5-9-18(2,15)16/h3-4,6-7H,5,8-9H2,1-2H3,(H,13,14). The van der Waals surface area contributed by atoms with E-state index in [1.54, 1.807) is 24.3 Å². The number of para-hydroxylation sites is 2. The van der Waals surface area contributed by atoms with Crippen LogP contribution in [0.4, 0.5) is 5.69 Å². The van der Waals surface area contributed by atoms with Gasteiger partial charge in [-0.1, -0.05) is 12.1 Å². The second kappa shape index (κ2) is 6.39. The summed E-state index contributed by atoms with van der Waals surface area (Å²) in [6, 6.07) is 7.06. The summed E-state index contributed by atoms with van der Waals surface area (Å²) in [7, 11) is -1.49. The van der Waals surface area contributed by atoms with Gasteiger partial charge in [0.05, 0.1) is 18.6 Å². The summed E-state index contributed by atoms with van der Waals surface area (Å²) < 4.78 is 26.9. The zero-order valence-electron chi connectivity index (χ0n) is 10.5. The molecule has 0 fully saturated rings.